The predicted molar refractivity (Wildman–Crippen MR) is 65.5 cm³/mol. The molecule has 1 aromatic carbocycles. The topological polar surface area (TPSA) is 89.1 Å². The molecule has 0 aliphatic carbocycles. The molecule has 2 N–H and O–H groups in total. The monoisotopic (exact) mass is 248 g/mol. The van der Waals surface area contributed by atoms with Crippen LogP contribution in [0.15, 0.2) is 29.2 Å². The summed E-state index contributed by atoms with van der Waals surface area (Å²) < 4.78 is 10.3. The summed E-state index contributed by atoms with van der Waals surface area (Å²) in [5.41, 5.74) is 0.314. The zero-order valence-corrected chi connectivity index (χ0v) is 9.93. The van der Waals surface area contributed by atoms with E-state index >= 15 is 0 Å². The van der Waals surface area contributed by atoms with Crippen LogP contribution in [0.25, 0.3) is 0 Å². The standard InChI is InChI=1S/C11H12N4O3/c1-17-7-3-4-8(9(5-7)18-2)13-11-14-10(16)6-12-15-11/h3-6H,1-2H3,(H2,13,14,15,16). The number of benzene rings is 1. The second-order valence-electron chi connectivity index (χ2n) is 3.37. The van der Waals surface area contributed by atoms with Crippen LogP contribution in [0.2, 0.25) is 0 Å². The van der Waals surface area contributed by atoms with E-state index in [0.717, 1.165) is 6.20 Å². The van der Waals surface area contributed by atoms with Crippen LogP contribution in [0.5, 0.6) is 11.5 Å². The van der Waals surface area contributed by atoms with Gasteiger partial charge < -0.3 is 14.8 Å². The van der Waals surface area contributed by atoms with Crippen LogP contribution in [-0.4, -0.2) is 29.4 Å². The minimum absolute atomic E-state index is 0.242. The number of nitrogens with zero attached hydrogens (tertiary/aromatic N) is 2. The van der Waals surface area contributed by atoms with E-state index in [0.29, 0.717) is 17.2 Å². The number of rotatable bonds is 4. The molecule has 1 aromatic heterocycles. The van der Waals surface area contributed by atoms with E-state index in [9.17, 15) is 4.79 Å². The van der Waals surface area contributed by atoms with Gasteiger partial charge in [-0.15, -0.1) is 10.2 Å². The van der Waals surface area contributed by atoms with Gasteiger partial charge >= 0.3 is 0 Å². The second kappa shape index (κ2) is 5.17. The Morgan fingerprint density at radius 1 is 1.28 bits per heavy atom. The molecule has 0 spiro atoms. The average molecular weight is 248 g/mol. The molecule has 0 atom stereocenters. The molecule has 7 nitrogen and oxygen atoms in total. The highest BCUT2D eigenvalue weighted by Crippen LogP contribution is 2.30. The number of hydrogen-bond donors (Lipinski definition) is 2. The molecule has 2 aromatic rings. The molecular weight excluding hydrogens is 236 g/mol. The van der Waals surface area contributed by atoms with Gasteiger partial charge in [0, 0.05) is 6.07 Å². The summed E-state index contributed by atoms with van der Waals surface area (Å²) in [6.07, 6.45) is 1.09. The zero-order valence-electron chi connectivity index (χ0n) is 9.93. The Bertz CT molecular complexity index is 597. The van der Waals surface area contributed by atoms with Crippen molar-refractivity contribution in [3.8, 4) is 11.5 Å². The summed E-state index contributed by atoms with van der Waals surface area (Å²) in [5, 5.41) is 10.2. The zero-order chi connectivity index (χ0) is 13.0. The van der Waals surface area contributed by atoms with Gasteiger partial charge in [-0.3, -0.25) is 9.78 Å². The first-order chi connectivity index (χ1) is 8.72. The number of aromatic nitrogens is 3. The Kier molecular flexibility index (Phi) is 3.42. The molecule has 2 rings (SSSR count). The van der Waals surface area contributed by atoms with Gasteiger partial charge in [0.2, 0.25) is 5.95 Å². The lowest BCUT2D eigenvalue weighted by Gasteiger charge is -2.11. The third-order valence-electron chi connectivity index (χ3n) is 2.24. The van der Waals surface area contributed by atoms with E-state index in [1.54, 1.807) is 32.4 Å². The molecule has 94 valence electrons. The molecule has 0 saturated heterocycles. The molecular formula is C11H12N4O3. The molecule has 1 heterocycles. The number of H-pyrrole nitrogens is 1. The number of anilines is 2. The predicted octanol–water partition coefficient (Wildman–Crippen LogP) is 0.926. The minimum atomic E-state index is -0.333. The van der Waals surface area contributed by atoms with E-state index < -0.39 is 0 Å². The highest BCUT2D eigenvalue weighted by molar-refractivity contribution is 5.64. The Hall–Kier alpha value is -2.57. The van der Waals surface area contributed by atoms with E-state index in [2.05, 4.69) is 20.5 Å². The summed E-state index contributed by atoms with van der Waals surface area (Å²) in [6, 6.07) is 5.24. The van der Waals surface area contributed by atoms with E-state index in [-0.39, 0.29) is 11.5 Å². The largest absolute Gasteiger partial charge is 0.497 e. The van der Waals surface area contributed by atoms with Gasteiger partial charge in [0.15, 0.2) is 0 Å². The van der Waals surface area contributed by atoms with Crippen molar-refractivity contribution in [1.82, 2.24) is 15.2 Å². The van der Waals surface area contributed by atoms with Crippen molar-refractivity contribution < 1.29 is 9.47 Å². The van der Waals surface area contributed by atoms with Crippen LogP contribution in [0.1, 0.15) is 0 Å². The number of hydrogen-bond acceptors (Lipinski definition) is 6. The van der Waals surface area contributed by atoms with Crippen molar-refractivity contribution in [2.24, 2.45) is 0 Å². The SMILES string of the molecule is COc1ccc(Nc2nncc(=O)[nH]2)c(OC)c1. The summed E-state index contributed by atoms with van der Waals surface area (Å²) in [7, 11) is 3.11. The molecule has 0 amide bonds. The Balaban J connectivity index is 2.31. The molecule has 18 heavy (non-hydrogen) atoms. The maximum atomic E-state index is 11.1. The third kappa shape index (κ3) is 2.57. The van der Waals surface area contributed by atoms with Crippen LogP contribution in [0.4, 0.5) is 11.6 Å². The van der Waals surface area contributed by atoms with Gasteiger partial charge in [-0.25, -0.2) is 0 Å². The van der Waals surface area contributed by atoms with E-state index in [1.807, 2.05) is 0 Å². The maximum absolute atomic E-state index is 11.1. The molecule has 7 heteroatoms. The Labute approximate surface area is 103 Å². The highest BCUT2D eigenvalue weighted by Gasteiger charge is 2.06. The van der Waals surface area contributed by atoms with Gasteiger partial charge in [-0.2, -0.15) is 0 Å². The maximum Gasteiger partial charge on any atom is 0.271 e. The average Bonchev–Trinajstić information content (AvgIpc) is 2.39. The highest BCUT2D eigenvalue weighted by atomic mass is 16.5. The molecule has 0 bridgehead atoms. The first kappa shape index (κ1) is 11.9. The Morgan fingerprint density at radius 3 is 2.78 bits per heavy atom. The first-order valence-corrected chi connectivity index (χ1v) is 5.14. The molecule has 0 radical (unpaired) electrons. The van der Waals surface area contributed by atoms with Gasteiger partial charge in [-0.1, -0.05) is 0 Å². The van der Waals surface area contributed by atoms with Crippen LogP contribution in [0, 0.1) is 0 Å². The number of aromatic amines is 1. The van der Waals surface area contributed by atoms with Crippen LogP contribution < -0.4 is 20.3 Å². The number of nitrogens with one attached hydrogen (secondary N) is 2. The van der Waals surface area contributed by atoms with Crippen molar-refractivity contribution >= 4 is 11.6 Å². The van der Waals surface area contributed by atoms with Gasteiger partial charge in [-0.05, 0) is 12.1 Å². The van der Waals surface area contributed by atoms with Crippen LogP contribution in [0.3, 0.4) is 0 Å². The fourth-order valence-electron chi connectivity index (χ4n) is 1.40. The normalized spacial score (nSPS) is 9.89. The van der Waals surface area contributed by atoms with Gasteiger partial charge in [0.25, 0.3) is 5.56 Å². The molecule has 0 aliphatic heterocycles. The van der Waals surface area contributed by atoms with Crippen molar-refractivity contribution in [2.75, 3.05) is 19.5 Å². The summed E-state index contributed by atoms with van der Waals surface area (Å²) in [5.74, 6) is 1.48. The lowest BCUT2D eigenvalue weighted by molar-refractivity contribution is 0.395. The lowest BCUT2D eigenvalue weighted by atomic mass is 10.2. The summed E-state index contributed by atoms with van der Waals surface area (Å²) in [6.45, 7) is 0. The fraction of sp³-hybridized carbons (Fsp3) is 0.182. The van der Waals surface area contributed by atoms with Crippen molar-refractivity contribution in [2.45, 2.75) is 0 Å². The Morgan fingerprint density at radius 2 is 2.11 bits per heavy atom. The summed E-state index contributed by atoms with van der Waals surface area (Å²) in [4.78, 5) is 13.6. The van der Waals surface area contributed by atoms with E-state index in [4.69, 9.17) is 9.47 Å². The van der Waals surface area contributed by atoms with Gasteiger partial charge in [0.05, 0.1) is 19.9 Å². The second-order valence-corrected chi connectivity index (χ2v) is 3.37. The smallest absolute Gasteiger partial charge is 0.271 e. The number of ether oxygens (including phenoxy) is 2. The van der Waals surface area contributed by atoms with Crippen LogP contribution in [-0.2, 0) is 0 Å². The lowest BCUT2D eigenvalue weighted by Crippen LogP contribution is -2.10. The quantitative estimate of drug-likeness (QED) is 0.836. The minimum Gasteiger partial charge on any atom is -0.497 e. The molecule has 0 aliphatic rings. The van der Waals surface area contributed by atoms with Crippen LogP contribution >= 0.6 is 0 Å². The molecule has 0 fully saturated rings. The fourth-order valence-corrected chi connectivity index (χ4v) is 1.40. The number of methoxy groups -OCH3 is 2. The van der Waals surface area contributed by atoms with Crippen molar-refractivity contribution in [1.29, 1.82) is 0 Å². The van der Waals surface area contributed by atoms with Crippen molar-refractivity contribution in [3.63, 3.8) is 0 Å². The van der Waals surface area contributed by atoms with Gasteiger partial charge in [0.1, 0.15) is 17.7 Å². The van der Waals surface area contributed by atoms with Crippen molar-refractivity contribution in [3.05, 3.63) is 34.7 Å². The van der Waals surface area contributed by atoms with E-state index in [1.165, 1.54) is 0 Å². The molecule has 0 saturated carbocycles. The first-order valence-electron chi connectivity index (χ1n) is 5.14. The third-order valence-corrected chi connectivity index (χ3v) is 2.24. The molecule has 0 unspecified atom stereocenters. The summed E-state index contributed by atoms with van der Waals surface area (Å²) >= 11 is 0.